The Morgan fingerprint density at radius 2 is 1.94 bits per heavy atom. The summed E-state index contributed by atoms with van der Waals surface area (Å²) >= 11 is 0. The van der Waals surface area contributed by atoms with Crippen LogP contribution >= 0.6 is 0 Å². The van der Waals surface area contributed by atoms with E-state index in [4.69, 9.17) is 4.74 Å². The molecule has 0 bridgehead atoms. The van der Waals surface area contributed by atoms with Crippen LogP contribution in [0.3, 0.4) is 0 Å². The fraction of sp³-hybridized carbons (Fsp3) is 0.571. The molecule has 2 rings (SSSR count). The molecule has 1 aromatic carbocycles. The van der Waals surface area contributed by atoms with Gasteiger partial charge in [0.2, 0.25) is 0 Å². The number of likely N-dealkylation sites (N-methyl/N-ethyl adjacent to an activating group) is 2. The fourth-order valence-electron chi connectivity index (χ4n) is 2.22. The van der Waals surface area contributed by atoms with E-state index in [0.717, 1.165) is 24.4 Å². The summed E-state index contributed by atoms with van der Waals surface area (Å²) in [6.45, 7) is 2.43. The third-order valence-corrected chi connectivity index (χ3v) is 3.48. The second-order valence-electron chi connectivity index (χ2n) is 5.14. The molecule has 18 heavy (non-hydrogen) atoms. The molecule has 0 fully saturated rings. The number of hydrogen-bond acceptors (Lipinski definition) is 4. The van der Waals surface area contributed by atoms with Crippen molar-refractivity contribution >= 4 is 0 Å². The molecule has 1 heterocycles. The lowest BCUT2D eigenvalue weighted by Gasteiger charge is -2.36. The molecule has 1 aliphatic rings. The summed E-state index contributed by atoms with van der Waals surface area (Å²) in [6, 6.07) is 7.75. The van der Waals surface area contributed by atoms with Crippen molar-refractivity contribution in [1.82, 2.24) is 9.80 Å². The summed E-state index contributed by atoms with van der Waals surface area (Å²) in [5.41, 5.74) is 0.894. The summed E-state index contributed by atoms with van der Waals surface area (Å²) in [5.74, 6) is 0.808. The number of para-hydroxylation sites is 1. The van der Waals surface area contributed by atoms with Crippen LogP contribution in [0.1, 0.15) is 11.7 Å². The van der Waals surface area contributed by atoms with Crippen molar-refractivity contribution in [3.63, 3.8) is 0 Å². The van der Waals surface area contributed by atoms with Crippen molar-refractivity contribution in [3.8, 4) is 5.75 Å². The molecule has 0 saturated carbocycles. The Morgan fingerprint density at radius 1 is 1.22 bits per heavy atom. The maximum Gasteiger partial charge on any atom is 0.125 e. The first kappa shape index (κ1) is 13.3. The van der Waals surface area contributed by atoms with Crippen molar-refractivity contribution in [2.24, 2.45) is 0 Å². The highest BCUT2D eigenvalue weighted by molar-refractivity contribution is 5.37. The number of ether oxygens (including phenoxy) is 1. The van der Waals surface area contributed by atoms with Gasteiger partial charge >= 0.3 is 0 Å². The Bertz CT molecular complexity index is 395. The topological polar surface area (TPSA) is 35.9 Å². The van der Waals surface area contributed by atoms with E-state index in [0.29, 0.717) is 6.61 Å². The van der Waals surface area contributed by atoms with Gasteiger partial charge in [-0.1, -0.05) is 18.2 Å². The predicted octanol–water partition coefficient (Wildman–Crippen LogP) is 0.974. The van der Waals surface area contributed by atoms with Crippen LogP contribution in [0.15, 0.2) is 24.3 Å². The Morgan fingerprint density at radius 3 is 2.67 bits per heavy atom. The van der Waals surface area contributed by atoms with Gasteiger partial charge in [0.25, 0.3) is 0 Å². The van der Waals surface area contributed by atoms with Crippen molar-refractivity contribution < 1.29 is 9.84 Å². The largest absolute Gasteiger partial charge is 0.491 e. The van der Waals surface area contributed by atoms with Crippen molar-refractivity contribution in [1.29, 1.82) is 0 Å². The van der Waals surface area contributed by atoms with Crippen molar-refractivity contribution in [2.45, 2.75) is 12.1 Å². The lowest BCUT2D eigenvalue weighted by molar-refractivity contribution is 0.0132. The smallest absolute Gasteiger partial charge is 0.125 e. The summed E-state index contributed by atoms with van der Waals surface area (Å²) in [5, 5.41) is 10.4. The molecule has 4 nitrogen and oxygen atoms in total. The molecule has 0 aliphatic carbocycles. The molecule has 0 spiro atoms. The zero-order chi connectivity index (χ0) is 13.1. The van der Waals surface area contributed by atoms with Gasteiger partial charge in [0, 0.05) is 18.7 Å². The first-order chi connectivity index (χ1) is 8.59. The van der Waals surface area contributed by atoms with Gasteiger partial charge < -0.3 is 14.7 Å². The summed E-state index contributed by atoms with van der Waals surface area (Å²) in [7, 11) is 6.14. The predicted molar refractivity (Wildman–Crippen MR) is 71.9 cm³/mol. The summed E-state index contributed by atoms with van der Waals surface area (Å²) in [4.78, 5) is 4.31. The van der Waals surface area contributed by atoms with Gasteiger partial charge in [0.15, 0.2) is 0 Å². The third kappa shape index (κ3) is 2.83. The highest BCUT2D eigenvalue weighted by atomic mass is 16.5. The van der Waals surface area contributed by atoms with E-state index in [-0.39, 0.29) is 6.04 Å². The van der Waals surface area contributed by atoms with Crippen LogP contribution in [-0.4, -0.2) is 61.8 Å². The van der Waals surface area contributed by atoms with Crippen LogP contribution in [-0.2, 0) is 0 Å². The minimum Gasteiger partial charge on any atom is -0.491 e. The van der Waals surface area contributed by atoms with Crippen molar-refractivity contribution in [3.05, 3.63) is 29.8 Å². The molecule has 2 unspecified atom stereocenters. The SMILES string of the molecule is CN(C)CCN(C)C1COc2ccccc2C1O. The standard InChI is InChI=1S/C14H22N2O2/c1-15(2)8-9-16(3)12-10-18-13-7-5-4-6-11(13)14(12)17/h4-7,12,14,17H,8-10H2,1-3H3. The molecule has 0 saturated heterocycles. The maximum atomic E-state index is 10.4. The molecular formula is C14H22N2O2. The normalized spacial score (nSPS) is 23.0. The zero-order valence-electron chi connectivity index (χ0n) is 11.3. The van der Waals surface area contributed by atoms with Crippen LogP contribution in [0.25, 0.3) is 0 Å². The number of rotatable bonds is 4. The molecule has 4 heteroatoms. The molecule has 2 atom stereocenters. The van der Waals surface area contributed by atoms with E-state index >= 15 is 0 Å². The Labute approximate surface area is 109 Å². The van der Waals surface area contributed by atoms with Gasteiger partial charge in [0.1, 0.15) is 18.5 Å². The van der Waals surface area contributed by atoms with E-state index in [1.807, 2.05) is 31.3 Å². The van der Waals surface area contributed by atoms with Crippen LogP contribution in [0.2, 0.25) is 0 Å². The van der Waals surface area contributed by atoms with Gasteiger partial charge in [-0.3, -0.25) is 4.90 Å². The molecule has 1 N–H and O–H groups in total. The van der Waals surface area contributed by atoms with Crippen LogP contribution in [0.5, 0.6) is 5.75 Å². The first-order valence-corrected chi connectivity index (χ1v) is 6.34. The van der Waals surface area contributed by atoms with Gasteiger partial charge in [-0.15, -0.1) is 0 Å². The minimum atomic E-state index is -0.470. The van der Waals surface area contributed by atoms with Crippen LogP contribution in [0.4, 0.5) is 0 Å². The Hall–Kier alpha value is -1.10. The van der Waals surface area contributed by atoms with Gasteiger partial charge in [-0.2, -0.15) is 0 Å². The molecule has 0 aromatic heterocycles. The quantitative estimate of drug-likeness (QED) is 0.864. The monoisotopic (exact) mass is 250 g/mol. The van der Waals surface area contributed by atoms with E-state index in [2.05, 4.69) is 23.9 Å². The number of aliphatic hydroxyl groups is 1. The highest BCUT2D eigenvalue weighted by Gasteiger charge is 2.31. The maximum absolute atomic E-state index is 10.4. The number of fused-ring (bicyclic) bond motifs is 1. The van der Waals surface area contributed by atoms with E-state index in [1.165, 1.54) is 0 Å². The minimum absolute atomic E-state index is 0.0276. The lowest BCUT2D eigenvalue weighted by atomic mass is 9.98. The zero-order valence-corrected chi connectivity index (χ0v) is 11.3. The molecule has 100 valence electrons. The van der Waals surface area contributed by atoms with Gasteiger partial charge in [-0.25, -0.2) is 0 Å². The fourth-order valence-corrected chi connectivity index (χ4v) is 2.22. The highest BCUT2D eigenvalue weighted by Crippen LogP contribution is 2.33. The number of hydrogen-bond donors (Lipinski definition) is 1. The molecule has 0 radical (unpaired) electrons. The summed E-state index contributed by atoms with van der Waals surface area (Å²) in [6.07, 6.45) is -0.470. The first-order valence-electron chi connectivity index (χ1n) is 6.34. The number of benzene rings is 1. The average molecular weight is 250 g/mol. The Kier molecular flexibility index (Phi) is 4.22. The number of nitrogens with zero attached hydrogens (tertiary/aromatic N) is 2. The molecule has 0 amide bonds. The van der Waals surface area contributed by atoms with Gasteiger partial charge in [-0.05, 0) is 27.2 Å². The second kappa shape index (κ2) is 5.69. The summed E-state index contributed by atoms with van der Waals surface area (Å²) < 4.78 is 5.72. The number of aliphatic hydroxyl groups excluding tert-OH is 1. The third-order valence-electron chi connectivity index (χ3n) is 3.48. The van der Waals surface area contributed by atoms with Crippen molar-refractivity contribution in [2.75, 3.05) is 40.8 Å². The molecule has 1 aliphatic heterocycles. The molecule has 1 aromatic rings. The second-order valence-corrected chi connectivity index (χ2v) is 5.14. The molecular weight excluding hydrogens is 228 g/mol. The van der Waals surface area contributed by atoms with E-state index in [1.54, 1.807) is 0 Å². The van der Waals surface area contributed by atoms with Gasteiger partial charge in [0.05, 0.1) is 6.04 Å². The van der Waals surface area contributed by atoms with E-state index in [9.17, 15) is 5.11 Å². The van der Waals surface area contributed by atoms with Crippen LogP contribution in [0, 0.1) is 0 Å². The van der Waals surface area contributed by atoms with Crippen LogP contribution < -0.4 is 4.74 Å². The van der Waals surface area contributed by atoms with E-state index < -0.39 is 6.10 Å². The lowest BCUT2D eigenvalue weighted by Crippen LogP contribution is -2.46. The average Bonchev–Trinajstić information content (AvgIpc) is 2.37. The Balaban J connectivity index is 2.04.